The Balaban J connectivity index is 2.36. The molecule has 0 fully saturated rings. The Kier molecular flexibility index (Phi) is 3.30. The lowest BCUT2D eigenvalue weighted by molar-refractivity contribution is 0.406. The van der Waals surface area contributed by atoms with Gasteiger partial charge in [0.25, 0.3) is 0 Å². The first kappa shape index (κ1) is 11.5. The van der Waals surface area contributed by atoms with Gasteiger partial charge >= 0.3 is 0 Å². The van der Waals surface area contributed by atoms with E-state index in [1.54, 1.807) is 7.11 Å². The highest BCUT2D eigenvalue weighted by Gasteiger charge is 2.29. The van der Waals surface area contributed by atoms with E-state index < -0.39 is 0 Å². The predicted octanol–water partition coefficient (Wildman–Crippen LogP) is 2.78. The summed E-state index contributed by atoms with van der Waals surface area (Å²) < 4.78 is 5.19. The number of aryl methyl sites for hydroxylation is 1. The molecular weight excluding hydrogens is 212 g/mol. The van der Waals surface area contributed by atoms with Crippen molar-refractivity contribution in [3.8, 4) is 17.9 Å². The molecule has 0 amide bonds. The van der Waals surface area contributed by atoms with Crippen LogP contribution in [0.1, 0.15) is 29.9 Å². The number of benzene rings is 1. The molecule has 86 valence electrons. The van der Waals surface area contributed by atoms with Gasteiger partial charge in [0.1, 0.15) is 5.75 Å². The van der Waals surface area contributed by atoms with Gasteiger partial charge in [-0.3, -0.25) is 0 Å². The summed E-state index contributed by atoms with van der Waals surface area (Å²) in [6.07, 6.45) is 2.30. The minimum atomic E-state index is -0.149. The summed E-state index contributed by atoms with van der Waals surface area (Å²) in [5, 5.41) is 18.1. The number of rotatable bonds is 2. The van der Waals surface area contributed by atoms with E-state index in [4.69, 9.17) is 10.00 Å². The van der Waals surface area contributed by atoms with Gasteiger partial charge in [0.2, 0.25) is 0 Å². The molecule has 2 unspecified atom stereocenters. The number of nitrogens with zero attached hydrogens (tertiary/aromatic N) is 2. The van der Waals surface area contributed by atoms with Gasteiger partial charge in [0.15, 0.2) is 0 Å². The van der Waals surface area contributed by atoms with E-state index >= 15 is 0 Å². The van der Waals surface area contributed by atoms with Crippen LogP contribution in [0.4, 0.5) is 0 Å². The van der Waals surface area contributed by atoms with Gasteiger partial charge in [0, 0.05) is 6.42 Å². The molecule has 3 heteroatoms. The zero-order chi connectivity index (χ0) is 12.3. The highest BCUT2D eigenvalue weighted by atomic mass is 16.5. The third kappa shape index (κ3) is 2.10. The predicted molar refractivity (Wildman–Crippen MR) is 63.4 cm³/mol. The summed E-state index contributed by atoms with van der Waals surface area (Å²) in [5.41, 5.74) is 2.25. The van der Waals surface area contributed by atoms with Crippen LogP contribution in [0.15, 0.2) is 18.2 Å². The summed E-state index contributed by atoms with van der Waals surface area (Å²) in [4.78, 5) is 0. The summed E-state index contributed by atoms with van der Waals surface area (Å²) in [6, 6.07) is 10.4. The van der Waals surface area contributed by atoms with Crippen LogP contribution in [-0.4, -0.2) is 7.11 Å². The van der Waals surface area contributed by atoms with Gasteiger partial charge < -0.3 is 4.74 Å². The van der Waals surface area contributed by atoms with Gasteiger partial charge in [0.05, 0.1) is 25.2 Å². The lowest BCUT2D eigenvalue weighted by Crippen LogP contribution is -2.19. The Hall–Kier alpha value is -2.00. The monoisotopic (exact) mass is 226 g/mol. The molecule has 0 radical (unpaired) electrons. The van der Waals surface area contributed by atoms with Gasteiger partial charge in [-0.05, 0) is 42.0 Å². The maximum Gasteiger partial charge on any atom is 0.119 e. The molecule has 0 heterocycles. The molecule has 0 N–H and O–H groups in total. The standard InChI is InChI=1S/C14H14N2O/c1-17-12-4-5-13-11(8-12)3-2-10(6-7-15)14(13)9-16/h4-5,8,10,14H,2-3,6H2,1H3. The first-order chi connectivity index (χ1) is 8.30. The fourth-order valence-corrected chi connectivity index (χ4v) is 2.50. The molecule has 1 aliphatic carbocycles. The molecule has 0 aromatic heterocycles. The van der Waals surface area contributed by atoms with Crippen LogP contribution < -0.4 is 4.74 Å². The molecule has 3 nitrogen and oxygen atoms in total. The molecule has 0 bridgehead atoms. The van der Waals surface area contributed by atoms with Crippen molar-refractivity contribution in [1.29, 1.82) is 10.5 Å². The van der Waals surface area contributed by atoms with E-state index in [0.29, 0.717) is 6.42 Å². The SMILES string of the molecule is COc1ccc2c(c1)CCC(CC#N)C2C#N. The van der Waals surface area contributed by atoms with Crippen molar-refractivity contribution in [1.82, 2.24) is 0 Å². The first-order valence-electron chi connectivity index (χ1n) is 5.73. The summed E-state index contributed by atoms with van der Waals surface area (Å²) in [5.74, 6) is 0.856. The van der Waals surface area contributed by atoms with E-state index in [9.17, 15) is 5.26 Å². The maximum atomic E-state index is 9.27. The van der Waals surface area contributed by atoms with Crippen LogP contribution in [0.25, 0.3) is 0 Å². The molecule has 2 atom stereocenters. The molecule has 17 heavy (non-hydrogen) atoms. The second kappa shape index (κ2) is 4.89. The van der Waals surface area contributed by atoms with Crippen LogP contribution in [0.5, 0.6) is 5.75 Å². The number of nitriles is 2. The van der Waals surface area contributed by atoms with Crippen molar-refractivity contribution < 1.29 is 4.74 Å². The molecule has 2 rings (SSSR count). The summed E-state index contributed by atoms with van der Waals surface area (Å²) >= 11 is 0. The van der Waals surface area contributed by atoms with Gasteiger partial charge in [-0.2, -0.15) is 10.5 Å². The quantitative estimate of drug-likeness (QED) is 0.779. The lowest BCUT2D eigenvalue weighted by atomic mass is 9.74. The molecule has 0 spiro atoms. The zero-order valence-electron chi connectivity index (χ0n) is 9.81. The Labute approximate surface area is 101 Å². The van der Waals surface area contributed by atoms with Gasteiger partial charge in [-0.1, -0.05) is 6.07 Å². The molecule has 0 saturated heterocycles. The molecule has 1 aromatic rings. The maximum absolute atomic E-state index is 9.27. The Morgan fingerprint density at radius 1 is 1.41 bits per heavy atom. The molecule has 1 aromatic carbocycles. The Morgan fingerprint density at radius 2 is 2.24 bits per heavy atom. The van der Waals surface area contributed by atoms with Crippen LogP contribution >= 0.6 is 0 Å². The number of hydrogen-bond donors (Lipinski definition) is 0. The van der Waals surface area contributed by atoms with Gasteiger partial charge in [-0.15, -0.1) is 0 Å². The third-order valence-corrected chi connectivity index (χ3v) is 3.43. The molecule has 1 aliphatic rings. The van der Waals surface area contributed by atoms with E-state index in [-0.39, 0.29) is 11.8 Å². The van der Waals surface area contributed by atoms with Crippen molar-refractivity contribution >= 4 is 0 Å². The second-order valence-electron chi connectivity index (χ2n) is 4.33. The normalized spacial score (nSPS) is 22.1. The number of fused-ring (bicyclic) bond motifs is 1. The zero-order valence-corrected chi connectivity index (χ0v) is 9.81. The smallest absolute Gasteiger partial charge is 0.119 e. The van der Waals surface area contributed by atoms with E-state index in [1.165, 1.54) is 5.56 Å². The second-order valence-corrected chi connectivity index (χ2v) is 4.33. The van der Waals surface area contributed by atoms with Crippen LogP contribution in [0, 0.1) is 28.6 Å². The highest BCUT2D eigenvalue weighted by molar-refractivity contribution is 5.42. The largest absolute Gasteiger partial charge is 0.497 e. The Bertz CT molecular complexity index is 496. The summed E-state index contributed by atoms with van der Waals surface area (Å²) in [7, 11) is 1.64. The van der Waals surface area contributed by atoms with Crippen molar-refractivity contribution in [2.24, 2.45) is 5.92 Å². The minimum Gasteiger partial charge on any atom is -0.497 e. The van der Waals surface area contributed by atoms with Crippen LogP contribution in [0.2, 0.25) is 0 Å². The van der Waals surface area contributed by atoms with E-state index in [0.717, 1.165) is 24.2 Å². The van der Waals surface area contributed by atoms with Crippen LogP contribution in [0.3, 0.4) is 0 Å². The van der Waals surface area contributed by atoms with Crippen molar-refractivity contribution in [2.45, 2.75) is 25.2 Å². The average molecular weight is 226 g/mol. The lowest BCUT2D eigenvalue weighted by Gasteiger charge is -2.28. The fourth-order valence-electron chi connectivity index (χ4n) is 2.50. The number of hydrogen-bond acceptors (Lipinski definition) is 3. The van der Waals surface area contributed by atoms with E-state index in [2.05, 4.69) is 12.1 Å². The first-order valence-corrected chi connectivity index (χ1v) is 5.73. The number of ether oxygens (including phenoxy) is 1. The van der Waals surface area contributed by atoms with Crippen molar-refractivity contribution in [3.63, 3.8) is 0 Å². The van der Waals surface area contributed by atoms with Crippen molar-refractivity contribution in [2.75, 3.05) is 7.11 Å². The fraction of sp³-hybridized carbons (Fsp3) is 0.429. The molecule has 0 aliphatic heterocycles. The molecular formula is C14H14N2O. The highest BCUT2D eigenvalue weighted by Crippen LogP contribution is 2.38. The third-order valence-electron chi connectivity index (χ3n) is 3.43. The van der Waals surface area contributed by atoms with Crippen LogP contribution in [-0.2, 0) is 6.42 Å². The Morgan fingerprint density at radius 3 is 2.88 bits per heavy atom. The van der Waals surface area contributed by atoms with Crippen molar-refractivity contribution in [3.05, 3.63) is 29.3 Å². The summed E-state index contributed by atoms with van der Waals surface area (Å²) in [6.45, 7) is 0. The van der Waals surface area contributed by atoms with E-state index in [1.807, 2.05) is 18.2 Å². The topological polar surface area (TPSA) is 56.8 Å². The number of methoxy groups -OCH3 is 1. The minimum absolute atomic E-state index is 0.149. The average Bonchev–Trinajstić information content (AvgIpc) is 2.38. The van der Waals surface area contributed by atoms with Gasteiger partial charge in [-0.25, -0.2) is 0 Å². The molecule has 0 saturated carbocycles.